The van der Waals surface area contributed by atoms with Gasteiger partial charge in [-0.2, -0.15) is 0 Å². The van der Waals surface area contributed by atoms with Gasteiger partial charge in [0.2, 0.25) is 5.91 Å². The zero-order valence-corrected chi connectivity index (χ0v) is 17.9. The number of methoxy groups -OCH3 is 2. The normalized spacial score (nSPS) is 10.4. The van der Waals surface area contributed by atoms with E-state index < -0.39 is 0 Å². The number of carbonyl (C=O) groups excluding carboxylic acids is 2. The average Bonchev–Trinajstić information content (AvgIpc) is 2.76. The number of hydrogen-bond acceptors (Lipinski definition) is 6. The van der Waals surface area contributed by atoms with Crippen LogP contribution in [-0.2, 0) is 9.53 Å². The first-order chi connectivity index (χ1) is 14.5. The Bertz CT molecular complexity index is 926. The summed E-state index contributed by atoms with van der Waals surface area (Å²) in [6.07, 6.45) is 3.76. The molecule has 0 fully saturated rings. The highest BCUT2D eigenvalue weighted by atomic mass is 32.1. The number of carbonyl (C=O) groups is 2. The molecule has 158 valence electrons. The van der Waals surface area contributed by atoms with E-state index in [1.54, 1.807) is 62.8 Å². The predicted octanol–water partition coefficient (Wildman–Crippen LogP) is 3.80. The Kier molecular flexibility index (Phi) is 8.83. The van der Waals surface area contributed by atoms with Crippen LogP contribution in [-0.4, -0.2) is 37.8 Å². The molecule has 0 spiro atoms. The standard InChI is InChI=1S/C22H24N2O5S/c1-4-13-29-21(26)16-7-9-17(10-8-16)23-22(30)24-20(25)12-6-15-5-11-18(27-2)19(14-15)28-3/h5-12,14H,4,13H2,1-3H3,(H2,23,24,25,30)/b12-6+. The maximum atomic E-state index is 12.1. The summed E-state index contributed by atoms with van der Waals surface area (Å²) < 4.78 is 15.5. The number of anilines is 1. The van der Waals surface area contributed by atoms with E-state index in [1.807, 2.05) is 6.92 Å². The minimum atomic E-state index is -0.387. The minimum Gasteiger partial charge on any atom is -0.493 e. The molecule has 0 saturated heterocycles. The first kappa shape index (κ1) is 22.9. The van der Waals surface area contributed by atoms with Gasteiger partial charge >= 0.3 is 5.97 Å². The van der Waals surface area contributed by atoms with E-state index in [1.165, 1.54) is 6.08 Å². The van der Waals surface area contributed by atoms with Crippen molar-refractivity contribution in [2.24, 2.45) is 0 Å². The lowest BCUT2D eigenvalue weighted by Crippen LogP contribution is -2.32. The molecule has 2 aromatic rings. The van der Waals surface area contributed by atoms with Crippen molar-refractivity contribution in [1.29, 1.82) is 0 Å². The summed E-state index contributed by atoms with van der Waals surface area (Å²) in [7, 11) is 3.10. The van der Waals surface area contributed by atoms with Crippen LogP contribution in [0.15, 0.2) is 48.5 Å². The van der Waals surface area contributed by atoms with Crippen molar-refractivity contribution in [3.8, 4) is 11.5 Å². The maximum absolute atomic E-state index is 12.1. The lowest BCUT2D eigenvalue weighted by atomic mass is 10.2. The predicted molar refractivity (Wildman–Crippen MR) is 120 cm³/mol. The van der Waals surface area contributed by atoms with Crippen LogP contribution in [0.25, 0.3) is 6.08 Å². The van der Waals surface area contributed by atoms with Gasteiger partial charge in [-0.25, -0.2) is 4.79 Å². The summed E-state index contributed by atoms with van der Waals surface area (Å²) in [5.41, 5.74) is 1.85. The largest absolute Gasteiger partial charge is 0.493 e. The Morgan fingerprint density at radius 1 is 1.03 bits per heavy atom. The summed E-state index contributed by atoms with van der Waals surface area (Å²) >= 11 is 5.15. The molecule has 1 amide bonds. The second kappa shape index (κ2) is 11.6. The summed E-state index contributed by atoms with van der Waals surface area (Å²) in [4.78, 5) is 23.9. The van der Waals surface area contributed by atoms with Gasteiger partial charge in [0, 0.05) is 11.8 Å². The van der Waals surface area contributed by atoms with Gasteiger partial charge in [0.1, 0.15) is 0 Å². The van der Waals surface area contributed by atoms with Crippen LogP contribution < -0.4 is 20.1 Å². The van der Waals surface area contributed by atoms with E-state index in [9.17, 15) is 9.59 Å². The number of rotatable bonds is 8. The third kappa shape index (κ3) is 6.89. The molecule has 30 heavy (non-hydrogen) atoms. The van der Waals surface area contributed by atoms with Crippen molar-refractivity contribution in [3.05, 3.63) is 59.7 Å². The number of ether oxygens (including phenoxy) is 3. The van der Waals surface area contributed by atoms with Gasteiger partial charge in [0.15, 0.2) is 16.6 Å². The average molecular weight is 429 g/mol. The van der Waals surface area contributed by atoms with Gasteiger partial charge in [0.25, 0.3) is 0 Å². The fourth-order valence-corrected chi connectivity index (χ4v) is 2.63. The second-order valence-corrected chi connectivity index (χ2v) is 6.51. The lowest BCUT2D eigenvalue weighted by Gasteiger charge is -2.09. The summed E-state index contributed by atoms with van der Waals surface area (Å²) in [6, 6.07) is 11.9. The van der Waals surface area contributed by atoms with Crippen LogP contribution in [0.3, 0.4) is 0 Å². The SMILES string of the molecule is CCCOC(=O)c1ccc(NC(=S)NC(=O)/C=C/c2ccc(OC)c(OC)c2)cc1. The fourth-order valence-electron chi connectivity index (χ4n) is 2.41. The van der Waals surface area contributed by atoms with Gasteiger partial charge in [-0.05, 0) is 66.7 Å². The van der Waals surface area contributed by atoms with E-state index in [0.29, 0.717) is 29.4 Å². The van der Waals surface area contributed by atoms with Crippen LogP contribution in [0.1, 0.15) is 29.3 Å². The first-order valence-corrected chi connectivity index (χ1v) is 9.67. The molecule has 0 bridgehead atoms. The zero-order chi connectivity index (χ0) is 21.9. The molecule has 0 unspecified atom stereocenters. The molecule has 7 nitrogen and oxygen atoms in total. The van der Waals surface area contributed by atoms with Gasteiger partial charge in [-0.3, -0.25) is 10.1 Å². The minimum absolute atomic E-state index is 0.137. The monoisotopic (exact) mass is 428 g/mol. The van der Waals surface area contributed by atoms with Crippen LogP contribution in [0.4, 0.5) is 5.69 Å². The van der Waals surface area contributed by atoms with Crippen molar-refractivity contribution < 1.29 is 23.8 Å². The Labute approximate surface area is 181 Å². The molecule has 8 heteroatoms. The molecule has 0 radical (unpaired) electrons. The third-order valence-electron chi connectivity index (χ3n) is 3.89. The highest BCUT2D eigenvalue weighted by Crippen LogP contribution is 2.27. The molecule has 0 atom stereocenters. The molecular formula is C22H24N2O5S. The number of esters is 1. The number of hydrogen-bond donors (Lipinski definition) is 2. The van der Waals surface area contributed by atoms with Crippen LogP contribution in [0.5, 0.6) is 11.5 Å². The van der Waals surface area contributed by atoms with Crippen LogP contribution >= 0.6 is 12.2 Å². The van der Waals surface area contributed by atoms with E-state index >= 15 is 0 Å². The van der Waals surface area contributed by atoms with E-state index in [-0.39, 0.29) is 17.0 Å². The Hall–Kier alpha value is -3.39. The van der Waals surface area contributed by atoms with Crippen molar-refractivity contribution in [2.75, 3.05) is 26.1 Å². The summed E-state index contributed by atoms with van der Waals surface area (Å²) in [6.45, 7) is 2.31. The molecule has 0 aliphatic heterocycles. The Morgan fingerprint density at radius 3 is 2.37 bits per heavy atom. The second-order valence-electron chi connectivity index (χ2n) is 6.10. The zero-order valence-electron chi connectivity index (χ0n) is 17.1. The summed E-state index contributed by atoms with van der Waals surface area (Å²) in [5.74, 6) is 0.412. The van der Waals surface area contributed by atoms with Crippen molar-refractivity contribution in [1.82, 2.24) is 5.32 Å². The van der Waals surface area contributed by atoms with Crippen LogP contribution in [0, 0.1) is 0 Å². The highest BCUT2D eigenvalue weighted by Gasteiger charge is 2.08. The number of amides is 1. The van der Waals surface area contributed by atoms with Gasteiger partial charge < -0.3 is 19.5 Å². The summed E-state index contributed by atoms with van der Waals surface area (Å²) in [5, 5.41) is 5.59. The smallest absolute Gasteiger partial charge is 0.338 e. The molecule has 0 aliphatic carbocycles. The molecule has 0 aromatic heterocycles. The maximum Gasteiger partial charge on any atom is 0.338 e. The van der Waals surface area contributed by atoms with Gasteiger partial charge in [-0.1, -0.05) is 13.0 Å². The fraction of sp³-hybridized carbons (Fsp3) is 0.227. The molecule has 2 N–H and O–H groups in total. The topological polar surface area (TPSA) is 85.9 Å². The van der Waals surface area contributed by atoms with Crippen molar-refractivity contribution >= 4 is 41.0 Å². The first-order valence-electron chi connectivity index (χ1n) is 9.26. The Morgan fingerprint density at radius 2 is 1.73 bits per heavy atom. The lowest BCUT2D eigenvalue weighted by molar-refractivity contribution is -0.115. The van der Waals surface area contributed by atoms with Crippen LogP contribution in [0.2, 0.25) is 0 Å². The molecule has 0 saturated carbocycles. The quantitative estimate of drug-likeness (QED) is 0.376. The van der Waals surface area contributed by atoms with Crippen molar-refractivity contribution in [2.45, 2.75) is 13.3 Å². The number of thiocarbonyl (C=S) groups is 1. The molecular weight excluding hydrogens is 404 g/mol. The van der Waals surface area contributed by atoms with E-state index in [2.05, 4.69) is 10.6 Å². The van der Waals surface area contributed by atoms with Gasteiger partial charge in [-0.15, -0.1) is 0 Å². The highest BCUT2D eigenvalue weighted by molar-refractivity contribution is 7.80. The Balaban J connectivity index is 1.89. The number of benzene rings is 2. The number of nitrogens with one attached hydrogen (secondary N) is 2. The van der Waals surface area contributed by atoms with E-state index in [4.69, 9.17) is 26.4 Å². The van der Waals surface area contributed by atoms with Gasteiger partial charge in [0.05, 0.1) is 26.4 Å². The molecule has 0 heterocycles. The van der Waals surface area contributed by atoms with Crippen molar-refractivity contribution in [3.63, 3.8) is 0 Å². The molecule has 2 aromatic carbocycles. The van der Waals surface area contributed by atoms with E-state index in [0.717, 1.165) is 12.0 Å². The third-order valence-corrected chi connectivity index (χ3v) is 4.09. The molecule has 2 rings (SSSR count). The molecule has 0 aliphatic rings.